The number of ether oxygens (including phenoxy) is 1. The summed E-state index contributed by atoms with van der Waals surface area (Å²) in [6.45, 7) is 6.78. The van der Waals surface area contributed by atoms with Gasteiger partial charge in [-0.2, -0.15) is 0 Å². The second-order valence-electron chi connectivity index (χ2n) is 7.25. The molecule has 0 radical (unpaired) electrons. The van der Waals surface area contributed by atoms with E-state index in [4.69, 9.17) is 4.74 Å². The maximum atomic E-state index is 12.4. The number of piperidine rings is 1. The maximum Gasteiger partial charge on any atom is 0.410 e. The lowest BCUT2D eigenvalue weighted by Crippen LogP contribution is -2.49. The molecule has 0 saturated carbocycles. The number of rotatable bonds is 2. The smallest absolute Gasteiger partial charge is 0.410 e. The second kappa shape index (κ2) is 8.25. The predicted octanol–water partition coefficient (Wildman–Crippen LogP) is 4.15. The molecule has 1 aliphatic heterocycles. The van der Waals surface area contributed by atoms with E-state index in [0.29, 0.717) is 13.1 Å². The molecule has 0 bridgehead atoms. The van der Waals surface area contributed by atoms with Crippen LogP contribution in [0.2, 0.25) is 0 Å². The van der Waals surface area contributed by atoms with Gasteiger partial charge in [0.1, 0.15) is 5.60 Å². The molecule has 7 heteroatoms. The molecule has 138 valence electrons. The van der Waals surface area contributed by atoms with Crippen LogP contribution in [-0.2, 0) is 4.74 Å². The van der Waals surface area contributed by atoms with Crippen LogP contribution in [-0.4, -0.2) is 53.7 Å². The number of nitrogens with zero attached hydrogens (tertiary/aromatic N) is 2. The van der Waals surface area contributed by atoms with Gasteiger partial charge in [-0.15, -0.1) is 0 Å². The molecule has 0 aromatic heterocycles. The third-order valence-corrected chi connectivity index (χ3v) is 4.80. The van der Waals surface area contributed by atoms with E-state index < -0.39 is 5.60 Å². The van der Waals surface area contributed by atoms with Crippen molar-refractivity contribution < 1.29 is 14.3 Å². The average Bonchev–Trinajstić information content (AvgIpc) is 2.55. The van der Waals surface area contributed by atoms with Gasteiger partial charge in [0.05, 0.1) is 0 Å². The highest BCUT2D eigenvalue weighted by Gasteiger charge is 2.29. The van der Waals surface area contributed by atoms with Crippen molar-refractivity contribution in [3.05, 3.63) is 27.8 Å². The molecule has 0 unspecified atom stereocenters. The van der Waals surface area contributed by atoms with Crippen LogP contribution in [0.3, 0.4) is 0 Å². The van der Waals surface area contributed by atoms with Gasteiger partial charge in [0.25, 0.3) is 0 Å². The molecule has 0 spiro atoms. The van der Waals surface area contributed by atoms with E-state index in [0.717, 1.165) is 22.1 Å². The van der Waals surface area contributed by atoms with E-state index in [1.165, 1.54) is 0 Å². The van der Waals surface area contributed by atoms with Gasteiger partial charge in [-0.25, -0.2) is 9.59 Å². The molecule has 1 aromatic carbocycles. The van der Waals surface area contributed by atoms with Gasteiger partial charge in [-0.05, 0) is 80.5 Å². The monoisotopic (exact) mass is 459 g/mol. The normalized spacial score (nSPS) is 15.6. The highest BCUT2D eigenvalue weighted by Crippen LogP contribution is 2.19. The Morgan fingerprint density at radius 1 is 1.20 bits per heavy atom. The van der Waals surface area contributed by atoms with Crippen molar-refractivity contribution in [1.29, 1.82) is 0 Å². The Labute approximate surface area is 163 Å². The summed E-state index contributed by atoms with van der Waals surface area (Å²) in [5.41, 5.74) is 0.293. The van der Waals surface area contributed by atoms with E-state index in [2.05, 4.69) is 27.9 Å². The number of carbonyl (C=O) groups is 2. The summed E-state index contributed by atoms with van der Waals surface area (Å²) in [5, 5.41) is 2.91. The van der Waals surface area contributed by atoms with Crippen molar-refractivity contribution in [1.82, 2.24) is 9.80 Å². The molecule has 6 nitrogen and oxygen atoms in total. The molecule has 0 aliphatic carbocycles. The number of benzene rings is 1. The standard InChI is InChI=1S/C18H26IN3O3/c1-18(2,3)25-17(24)22-11-9-15(10-12-22)21(4)16(23)20-14-7-5-13(19)6-8-14/h5-8,15H,9-12H2,1-4H3,(H,20,23). The quantitative estimate of drug-likeness (QED) is 0.676. The van der Waals surface area contributed by atoms with Gasteiger partial charge in [-0.3, -0.25) is 0 Å². The van der Waals surface area contributed by atoms with E-state index in [-0.39, 0.29) is 18.2 Å². The number of amides is 3. The van der Waals surface area contributed by atoms with Crippen molar-refractivity contribution in [2.24, 2.45) is 0 Å². The summed E-state index contributed by atoms with van der Waals surface area (Å²) < 4.78 is 6.53. The molecule has 1 aromatic rings. The molecular formula is C18H26IN3O3. The Morgan fingerprint density at radius 3 is 2.28 bits per heavy atom. The molecule has 2 rings (SSSR count). The minimum absolute atomic E-state index is 0.113. The van der Waals surface area contributed by atoms with Crippen molar-refractivity contribution in [2.75, 3.05) is 25.5 Å². The number of hydrogen-bond donors (Lipinski definition) is 1. The van der Waals surface area contributed by atoms with E-state index >= 15 is 0 Å². The number of nitrogens with one attached hydrogen (secondary N) is 1. The highest BCUT2D eigenvalue weighted by atomic mass is 127. The van der Waals surface area contributed by atoms with Gasteiger partial charge < -0.3 is 19.9 Å². The van der Waals surface area contributed by atoms with E-state index in [9.17, 15) is 9.59 Å². The Kier molecular flexibility index (Phi) is 6.53. The van der Waals surface area contributed by atoms with Crippen LogP contribution in [0.25, 0.3) is 0 Å². The van der Waals surface area contributed by atoms with Crippen LogP contribution in [0.1, 0.15) is 33.6 Å². The minimum Gasteiger partial charge on any atom is -0.444 e. The van der Waals surface area contributed by atoms with Crippen LogP contribution in [0.5, 0.6) is 0 Å². The lowest BCUT2D eigenvalue weighted by molar-refractivity contribution is 0.0174. The molecule has 3 amide bonds. The minimum atomic E-state index is -0.488. The summed E-state index contributed by atoms with van der Waals surface area (Å²) in [5.74, 6) is 0. The largest absolute Gasteiger partial charge is 0.444 e. The fourth-order valence-corrected chi connectivity index (χ4v) is 3.03. The first-order valence-corrected chi connectivity index (χ1v) is 9.51. The van der Waals surface area contributed by atoms with Crippen LogP contribution >= 0.6 is 22.6 Å². The van der Waals surface area contributed by atoms with E-state index in [1.54, 1.807) is 16.8 Å². The first-order chi connectivity index (χ1) is 11.7. The summed E-state index contributed by atoms with van der Waals surface area (Å²) in [6.07, 6.45) is 1.21. The maximum absolute atomic E-state index is 12.4. The van der Waals surface area contributed by atoms with Crippen molar-refractivity contribution in [3.8, 4) is 0 Å². The van der Waals surface area contributed by atoms with Gasteiger partial charge in [0, 0.05) is 35.4 Å². The molecule has 1 aliphatic rings. The van der Waals surface area contributed by atoms with Crippen LogP contribution in [0.15, 0.2) is 24.3 Å². The fraction of sp³-hybridized carbons (Fsp3) is 0.556. The Balaban J connectivity index is 1.84. The number of halogens is 1. The average molecular weight is 459 g/mol. The first kappa shape index (κ1) is 19.8. The summed E-state index contributed by atoms with van der Waals surface area (Å²) in [7, 11) is 1.80. The number of carbonyl (C=O) groups excluding carboxylic acids is 2. The van der Waals surface area contributed by atoms with Gasteiger partial charge in [0.15, 0.2) is 0 Å². The zero-order chi connectivity index (χ0) is 18.6. The Hall–Kier alpha value is -1.51. The summed E-state index contributed by atoms with van der Waals surface area (Å²) in [6, 6.07) is 7.67. The number of urea groups is 1. The van der Waals surface area contributed by atoms with Crippen molar-refractivity contribution in [2.45, 2.75) is 45.3 Å². The summed E-state index contributed by atoms with van der Waals surface area (Å²) >= 11 is 2.23. The lowest BCUT2D eigenvalue weighted by atomic mass is 10.0. The zero-order valence-electron chi connectivity index (χ0n) is 15.2. The lowest BCUT2D eigenvalue weighted by Gasteiger charge is -2.37. The van der Waals surface area contributed by atoms with Crippen LogP contribution in [0, 0.1) is 3.57 Å². The SMILES string of the molecule is CN(C(=O)Nc1ccc(I)cc1)C1CCN(C(=O)OC(C)(C)C)CC1. The number of hydrogen-bond acceptors (Lipinski definition) is 3. The highest BCUT2D eigenvalue weighted by molar-refractivity contribution is 14.1. The van der Waals surface area contributed by atoms with Crippen molar-refractivity contribution in [3.63, 3.8) is 0 Å². The zero-order valence-corrected chi connectivity index (χ0v) is 17.4. The van der Waals surface area contributed by atoms with Gasteiger partial charge in [-0.1, -0.05) is 0 Å². The van der Waals surface area contributed by atoms with Gasteiger partial charge >= 0.3 is 12.1 Å². The molecule has 0 atom stereocenters. The number of anilines is 1. The fourth-order valence-electron chi connectivity index (χ4n) is 2.67. The van der Waals surface area contributed by atoms with Crippen molar-refractivity contribution >= 4 is 40.4 Å². The Bertz CT molecular complexity index is 605. The molecule has 1 saturated heterocycles. The third-order valence-electron chi connectivity index (χ3n) is 4.08. The Morgan fingerprint density at radius 2 is 1.76 bits per heavy atom. The van der Waals surface area contributed by atoms with Crippen LogP contribution < -0.4 is 5.32 Å². The molecule has 25 heavy (non-hydrogen) atoms. The molecular weight excluding hydrogens is 433 g/mol. The van der Waals surface area contributed by atoms with Crippen LogP contribution in [0.4, 0.5) is 15.3 Å². The molecule has 1 N–H and O–H groups in total. The second-order valence-corrected chi connectivity index (χ2v) is 8.49. The van der Waals surface area contributed by atoms with Gasteiger partial charge in [0.2, 0.25) is 0 Å². The van der Waals surface area contributed by atoms with E-state index in [1.807, 2.05) is 45.0 Å². The summed E-state index contributed by atoms with van der Waals surface area (Å²) in [4.78, 5) is 28.0. The molecule has 1 fully saturated rings. The first-order valence-electron chi connectivity index (χ1n) is 8.43. The topological polar surface area (TPSA) is 61.9 Å². The third kappa shape index (κ3) is 6.05. The molecule has 1 heterocycles. The predicted molar refractivity (Wildman–Crippen MR) is 107 cm³/mol. The number of likely N-dealkylation sites (tertiary alicyclic amines) is 1.